The smallest absolute Gasteiger partial charge is 0.317 e. The van der Waals surface area contributed by atoms with Crippen LogP contribution in [0.5, 0.6) is 0 Å². The predicted molar refractivity (Wildman–Crippen MR) is 138 cm³/mol. The van der Waals surface area contributed by atoms with Crippen LogP contribution in [0.25, 0.3) is 10.9 Å². The van der Waals surface area contributed by atoms with E-state index < -0.39 is 16.0 Å². The summed E-state index contributed by atoms with van der Waals surface area (Å²) in [6.07, 6.45) is 1.80. The number of anilines is 1. The second-order valence-electron chi connectivity index (χ2n) is 8.78. The fourth-order valence-electron chi connectivity index (χ4n) is 4.72. The second-order valence-corrected chi connectivity index (χ2v) is 13.4. The summed E-state index contributed by atoms with van der Waals surface area (Å²) in [6, 6.07) is 11.1. The Balaban J connectivity index is 1.42. The molecule has 0 saturated carbocycles. The van der Waals surface area contributed by atoms with Crippen LogP contribution in [-0.4, -0.2) is 72.0 Å². The van der Waals surface area contributed by atoms with E-state index in [-0.39, 0.29) is 11.3 Å². The molecule has 34 heavy (non-hydrogen) atoms. The number of fused-ring (bicyclic) bond motifs is 1. The molecule has 180 valence electrons. The number of sulfonamides is 1. The quantitative estimate of drug-likeness (QED) is 0.537. The van der Waals surface area contributed by atoms with Crippen LogP contribution < -0.4 is 4.31 Å². The number of benzene rings is 1. The number of aryl methyl sites for hydroxylation is 1. The molecule has 0 bridgehead atoms. The summed E-state index contributed by atoms with van der Waals surface area (Å²) >= 11 is 2.99. The number of carbonyl (C=O) groups is 1. The lowest BCUT2D eigenvalue weighted by molar-refractivity contribution is -0.138. The van der Waals surface area contributed by atoms with Crippen LogP contribution in [0.4, 0.5) is 5.69 Å². The standard InChI is InChI=1S/C23H26N4O4S3/c1-25-18(22-24-15-23(33-22)8-10-27(11-9-23)14-19(28)29)13-16-5-3-6-17(21(16)25)26(2)34(30,31)20-7-4-12-32-20/h3-7,12-13H,8-11,14-15H2,1-2H3,(H,28,29). The van der Waals surface area contributed by atoms with Crippen LogP contribution in [-0.2, 0) is 21.9 Å². The summed E-state index contributed by atoms with van der Waals surface area (Å²) in [7, 11) is -0.0961. The number of aliphatic imine (C=N–C) groups is 1. The Morgan fingerprint density at radius 2 is 2.00 bits per heavy atom. The number of hydrogen-bond acceptors (Lipinski definition) is 7. The van der Waals surface area contributed by atoms with Crippen molar-refractivity contribution in [1.29, 1.82) is 0 Å². The topological polar surface area (TPSA) is 95.2 Å². The monoisotopic (exact) mass is 518 g/mol. The van der Waals surface area contributed by atoms with Gasteiger partial charge in [-0.3, -0.25) is 19.0 Å². The van der Waals surface area contributed by atoms with E-state index in [2.05, 4.69) is 6.07 Å². The number of nitrogens with zero attached hydrogens (tertiary/aromatic N) is 4. The number of thiophene rings is 1. The van der Waals surface area contributed by atoms with Crippen molar-refractivity contribution in [2.45, 2.75) is 21.8 Å². The summed E-state index contributed by atoms with van der Waals surface area (Å²) in [6.45, 7) is 2.32. The molecule has 1 fully saturated rings. The maximum atomic E-state index is 13.2. The number of hydrogen-bond donors (Lipinski definition) is 1. The zero-order valence-electron chi connectivity index (χ0n) is 19.0. The Kier molecular flexibility index (Phi) is 5.99. The van der Waals surface area contributed by atoms with Gasteiger partial charge in [0.15, 0.2) is 0 Å². The van der Waals surface area contributed by atoms with Crippen molar-refractivity contribution in [3.05, 3.63) is 47.5 Å². The third-order valence-electron chi connectivity index (χ3n) is 6.65. The van der Waals surface area contributed by atoms with Gasteiger partial charge in [0.05, 0.1) is 30.0 Å². The average molecular weight is 519 g/mol. The van der Waals surface area contributed by atoms with E-state index in [4.69, 9.17) is 10.1 Å². The van der Waals surface area contributed by atoms with Gasteiger partial charge in [0, 0.05) is 37.3 Å². The molecule has 2 aromatic heterocycles. The van der Waals surface area contributed by atoms with Gasteiger partial charge in [-0.25, -0.2) is 8.42 Å². The van der Waals surface area contributed by atoms with E-state index in [9.17, 15) is 13.2 Å². The first kappa shape index (κ1) is 23.4. The molecule has 3 aromatic rings. The summed E-state index contributed by atoms with van der Waals surface area (Å²) in [5.41, 5.74) is 2.44. The van der Waals surface area contributed by atoms with Gasteiger partial charge in [0.25, 0.3) is 10.0 Å². The van der Waals surface area contributed by atoms with Crippen LogP contribution in [0.3, 0.4) is 0 Å². The molecule has 1 saturated heterocycles. The van der Waals surface area contributed by atoms with Crippen molar-refractivity contribution < 1.29 is 18.3 Å². The molecule has 2 aliphatic heterocycles. The Morgan fingerprint density at radius 1 is 1.24 bits per heavy atom. The zero-order valence-corrected chi connectivity index (χ0v) is 21.4. The first-order chi connectivity index (χ1) is 16.2. The van der Waals surface area contributed by atoms with Gasteiger partial charge in [-0.05, 0) is 36.4 Å². The van der Waals surface area contributed by atoms with E-state index in [1.807, 2.05) is 34.7 Å². The number of aromatic nitrogens is 1. The summed E-state index contributed by atoms with van der Waals surface area (Å²) in [5, 5.41) is 12.7. The van der Waals surface area contributed by atoms with E-state index in [1.54, 1.807) is 36.3 Å². The number of likely N-dealkylation sites (tertiary alicyclic amines) is 1. The zero-order chi connectivity index (χ0) is 24.1. The summed E-state index contributed by atoms with van der Waals surface area (Å²) in [5.74, 6) is -0.788. The SMILES string of the molecule is CN(c1cccc2cc(C3=NCC4(CCN(CC(=O)O)CC4)S3)n(C)c12)S(=O)(=O)c1cccs1. The highest BCUT2D eigenvalue weighted by Gasteiger charge is 2.41. The molecule has 1 N–H and O–H groups in total. The highest BCUT2D eigenvalue weighted by atomic mass is 32.2. The van der Waals surface area contributed by atoms with E-state index in [0.717, 1.165) is 54.1 Å². The summed E-state index contributed by atoms with van der Waals surface area (Å²) in [4.78, 5) is 17.9. The van der Waals surface area contributed by atoms with Gasteiger partial charge in [0.1, 0.15) is 9.25 Å². The second kappa shape index (κ2) is 8.71. The molecule has 0 amide bonds. The molecule has 0 atom stereocenters. The molecule has 0 aliphatic carbocycles. The third-order valence-corrected chi connectivity index (χ3v) is 11.3. The van der Waals surface area contributed by atoms with Crippen LogP contribution in [0, 0.1) is 0 Å². The lowest BCUT2D eigenvalue weighted by atomic mass is 9.96. The number of para-hydroxylation sites is 1. The number of carboxylic acid groups (broad SMARTS) is 1. The Bertz CT molecular complexity index is 1370. The van der Waals surface area contributed by atoms with E-state index in [1.165, 1.54) is 15.6 Å². The molecule has 5 rings (SSSR count). The number of rotatable bonds is 6. The first-order valence-corrected chi connectivity index (χ1v) is 14.1. The summed E-state index contributed by atoms with van der Waals surface area (Å²) < 4.78 is 30.0. The molecule has 4 heterocycles. The normalized spacial score (nSPS) is 18.5. The van der Waals surface area contributed by atoms with Crippen molar-refractivity contribution in [2.24, 2.45) is 12.0 Å². The first-order valence-electron chi connectivity index (χ1n) is 11.0. The van der Waals surface area contributed by atoms with Gasteiger partial charge in [-0.15, -0.1) is 11.3 Å². The minimum atomic E-state index is -3.65. The molecule has 0 radical (unpaired) electrons. The van der Waals surface area contributed by atoms with E-state index in [0.29, 0.717) is 9.90 Å². The lowest BCUT2D eigenvalue weighted by Gasteiger charge is -2.37. The number of thioether (sulfide) groups is 1. The Hall–Kier alpha value is -2.34. The molecular formula is C23H26N4O4S3. The van der Waals surface area contributed by atoms with Crippen molar-refractivity contribution in [3.8, 4) is 0 Å². The van der Waals surface area contributed by atoms with Crippen LogP contribution in [0.15, 0.2) is 51.0 Å². The van der Waals surface area contributed by atoms with Gasteiger partial charge in [-0.1, -0.05) is 30.0 Å². The predicted octanol–water partition coefficient (Wildman–Crippen LogP) is 3.48. The molecule has 2 aliphatic rings. The lowest BCUT2D eigenvalue weighted by Crippen LogP contribution is -2.44. The minimum Gasteiger partial charge on any atom is -0.480 e. The average Bonchev–Trinajstić information content (AvgIpc) is 3.55. The van der Waals surface area contributed by atoms with Gasteiger partial charge in [0.2, 0.25) is 0 Å². The Labute approximate surface area is 206 Å². The van der Waals surface area contributed by atoms with Crippen molar-refractivity contribution in [3.63, 3.8) is 0 Å². The Morgan fingerprint density at radius 3 is 2.68 bits per heavy atom. The molecule has 0 unspecified atom stereocenters. The fourth-order valence-corrected chi connectivity index (χ4v) is 8.44. The van der Waals surface area contributed by atoms with Crippen molar-refractivity contribution >= 4 is 60.7 Å². The molecule has 1 spiro atoms. The van der Waals surface area contributed by atoms with Gasteiger partial charge in [-0.2, -0.15) is 0 Å². The number of carboxylic acids is 1. The third kappa shape index (κ3) is 4.04. The maximum absolute atomic E-state index is 13.2. The number of aliphatic carboxylic acids is 1. The van der Waals surface area contributed by atoms with Gasteiger partial charge >= 0.3 is 5.97 Å². The maximum Gasteiger partial charge on any atom is 0.317 e. The largest absolute Gasteiger partial charge is 0.480 e. The van der Waals surface area contributed by atoms with Crippen molar-refractivity contribution in [1.82, 2.24) is 9.47 Å². The molecular weight excluding hydrogens is 492 g/mol. The number of piperidine rings is 1. The van der Waals surface area contributed by atoms with Crippen LogP contribution in [0.1, 0.15) is 18.5 Å². The van der Waals surface area contributed by atoms with E-state index >= 15 is 0 Å². The van der Waals surface area contributed by atoms with Crippen LogP contribution >= 0.6 is 23.1 Å². The molecule has 8 nitrogen and oxygen atoms in total. The van der Waals surface area contributed by atoms with Crippen LogP contribution in [0.2, 0.25) is 0 Å². The van der Waals surface area contributed by atoms with Crippen molar-refractivity contribution in [2.75, 3.05) is 37.5 Å². The highest BCUT2D eigenvalue weighted by Crippen LogP contribution is 2.44. The molecule has 11 heteroatoms. The van der Waals surface area contributed by atoms with Gasteiger partial charge < -0.3 is 9.67 Å². The minimum absolute atomic E-state index is 0.00290. The highest BCUT2D eigenvalue weighted by molar-refractivity contribution is 8.15. The fraction of sp³-hybridized carbons (Fsp3) is 0.391. The molecule has 1 aromatic carbocycles.